The summed E-state index contributed by atoms with van der Waals surface area (Å²) in [6.07, 6.45) is -9.24. The van der Waals surface area contributed by atoms with E-state index in [0.29, 0.717) is 187 Å². The van der Waals surface area contributed by atoms with Gasteiger partial charge in [-0.1, -0.05) is 12.8 Å². The summed E-state index contributed by atoms with van der Waals surface area (Å²) in [4.78, 5) is 149. The molecule has 0 aliphatic carbocycles. The van der Waals surface area contributed by atoms with Crippen LogP contribution >= 0.6 is 0 Å². The molecule has 4 aliphatic heterocycles. The van der Waals surface area contributed by atoms with Crippen molar-refractivity contribution in [1.29, 1.82) is 0 Å². The lowest BCUT2D eigenvalue weighted by Gasteiger charge is -2.38. The van der Waals surface area contributed by atoms with Crippen LogP contribution in [0.3, 0.4) is 0 Å². The normalized spacial score (nSPS) is 26.1. The molecule has 10 amide bonds. The van der Waals surface area contributed by atoms with Crippen molar-refractivity contribution in [3.8, 4) is 0 Å². The minimum Gasteiger partial charge on any atom is -0.388 e. The van der Waals surface area contributed by atoms with Crippen molar-refractivity contribution in [2.45, 2.75) is 395 Å². The molecular formula is C86H154N10O32. The van der Waals surface area contributed by atoms with E-state index in [0.717, 1.165) is 12.8 Å². The standard InChI is InChI=1S/C44H78N4O16.C42H76N6O16/c1-4-45-33(51)21-6-5-12-25-47-42(60)32(48-35(53)23-10-8-17-31(50)19-15-27-62-44-41(59)39(57)37(55)29(3)64-44)20-11-13-24-46-34(52)22-9-7-16-30(49)18-14-26-61-43-40(58)38(56)36(54)28(2)63-43;1-4-43-29(49)15-6-5-12-21-47-40(60)28(48-33(53)19-10-9-18-32(52)46-23-25-62-42-39(59)37(57)35(55)27(3)64-42)14-11-13-20-44-30(50)16-7-8-17-31(51)45-22-24-61-41-38(58)36(56)34(54)26(2)63-41/h28-29,32,36-41,43-44,54-59H,4-27H2,1-3H3,(H,45,51)(H,46,52)(H,47,60)(H,48,53);26-28,34-39,41-42,54-59H,4-25H2,1-3H3,(H,43,49)(H,44,50)(H,45,51)(H,46,52)(H,47,60)(H,48,53)/t28-,29-,32-,36+,37+,38+,39+,40-,41-,43+,44+;26-,27-,28-,34+,35+,36+,37+,38-,39-,41+,42+/m00/s1. The van der Waals surface area contributed by atoms with Gasteiger partial charge in [0.05, 0.1) is 50.8 Å². The van der Waals surface area contributed by atoms with Gasteiger partial charge in [-0.25, -0.2) is 0 Å². The molecule has 0 saturated carbocycles. The number of ketones is 2. The fourth-order valence-corrected chi connectivity index (χ4v) is 14.1. The number of rotatable bonds is 66. The largest absolute Gasteiger partial charge is 0.388 e. The summed E-state index contributed by atoms with van der Waals surface area (Å²) in [6.45, 7) is 13.0. The summed E-state index contributed by atoms with van der Waals surface area (Å²) >= 11 is 0. The molecule has 42 nitrogen and oxygen atoms in total. The highest BCUT2D eigenvalue weighted by Gasteiger charge is 2.46. The third-order valence-corrected chi connectivity index (χ3v) is 22.0. The van der Waals surface area contributed by atoms with Gasteiger partial charge in [0, 0.05) is 129 Å². The topological polar surface area (TPSA) is 642 Å². The third kappa shape index (κ3) is 48.6. The zero-order chi connectivity index (χ0) is 94.9. The Hall–Kier alpha value is -6.76. The molecule has 740 valence electrons. The van der Waals surface area contributed by atoms with E-state index in [1.165, 1.54) is 6.92 Å². The molecule has 42 heteroatoms. The Morgan fingerprint density at radius 3 is 0.758 bits per heavy atom. The van der Waals surface area contributed by atoms with Gasteiger partial charge in [-0.2, -0.15) is 0 Å². The van der Waals surface area contributed by atoms with Gasteiger partial charge in [0.15, 0.2) is 25.2 Å². The monoisotopic (exact) mass is 1840 g/mol. The summed E-state index contributed by atoms with van der Waals surface area (Å²) < 4.78 is 43.2. The number of unbranched alkanes of at least 4 members (excludes halogenated alkanes) is 10. The molecule has 0 bridgehead atoms. The van der Waals surface area contributed by atoms with Crippen LogP contribution < -0.4 is 53.2 Å². The average Bonchev–Trinajstić information content (AvgIpc) is 0.840. The first-order chi connectivity index (χ1) is 61.1. The molecule has 0 aromatic rings. The van der Waals surface area contributed by atoms with Crippen molar-refractivity contribution < 1.29 is 157 Å². The SMILES string of the molecule is CCNC(=O)CCCCCNC(=O)[C@H](CCCCNC(=O)CCCCC(=O)CCCO[C@@H]1O[C@@H](C)[C@@H](O)[C@@H](O)[C@@H]1O)NC(=O)CCCCC(=O)CCCO[C@@H]1O[C@@H](C)[C@@H](O)[C@@H](O)[C@@H]1O.CCNC(=O)CCCCCNC(=O)[C@H](CCCCNC(=O)CCCCC(=O)NCCO[C@@H]1O[C@@H](C)[C@@H](O)[C@@H](O)[C@@H]1O)NC(=O)CCCCC(=O)NCCO[C@@H]1O[C@@H](C)[C@@H](O)[C@@H](O)[C@@H]1O. The van der Waals surface area contributed by atoms with E-state index in [2.05, 4.69) is 53.2 Å². The van der Waals surface area contributed by atoms with Crippen molar-refractivity contribution >= 4 is 70.6 Å². The molecule has 22 atom stereocenters. The van der Waals surface area contributed by atoms with E-state index < -0.39 is 135 Å². The second kappa shape index (κ2) is 67.4. The fourth-order valence-electron chi connectivity index (χ4n) is 14.1. The number of carbonyl (C=O) groups excluding carboxylic acids is 12. The predicted octanol–water partition coefficient (Wildman–Crippen LogP) is -2.31. The molecule has 4 heterocycles. The molecule has 0 aromatic heterocycles. The van der Waals surface area contributed by atoms with Crippen molar-refractivity contribution in [1.82, 2.24) is 53.2 Å². The number of nitrogens with one attached hydrogen (secondary N) is 10. The van der Waals surface area contributed by atoms with Crippen LogP contribution in [0, 0.1) is 0 Å². The van der Waals surface area contributed by atoms with E-state index in [-0.39, 0.29) is 168 Å². The fraction of sp³-hybridized carbons (Fsp3) is 0.860. The van der Waals surface area contributed by atoms with Gasteiger partial charge in [-0.15, -0.1) is 0 Å². The molecule has 0 unspecified atom stereocenters. The highest BCUT2D eigenvalue weighted by molar-refractivity contribution is 5.88. The molecule has 0 aromatic carbocycles. The molecule has 0 radical (unpaired) electrons. The van der Waals surface area contributed by atoms with E-state index in [9.17, 15) is 119 Å². The Kier molecular flexibility index (Phi) is 60.8. The van der Waals surface area contributed by atoms with E-state index in [1.54, 1.807) is 20.8 Å². The number of hydrogen-bond donors (Lipinski definition) is 22. The Morgan fingerprint density at radius 2 is 0.469 bits per heavy atom. The van der Waals surface area contributed by atoms with Gasteiger partial charge in [-0.3, -0.25) is 57.5 Å². The maximum absolute atomic E-state index is 13.1. The van der Waals surface area contributed by atoms with Crippen molar-refractivity contribution in [2.24, 2.45) is 0 Å². The van der Waals surface area contributed by atoms with Gasteiger partial charge in [0.2, 0.25) is 59.1 Å². The second-order valence-corrected chi connectivity index (χ2v) is 33.1. The third-order valence-electron chi connectivity index (χ3n) is 22.0. The van der Waals surface area contributed by atoms with Gasteiger partial charge in [0.1, 0.15) is 96.9 Å². The van der Waals surface area contributed by atoms with Crippen LogP contribution in [0.2, 0.25) is 0 Å². The lowest BCUT2D eigenvalue weighted by molar-refractivity contribution is -0.293. The van der Waals surface area contributed by atoms with E-state index in [1.807, 2.05) is 13.8 Å². The van der Waals surface area contributed by atoms with Crippen molar-refractivity contribution in [3.63, 3.8) is 0 Å². The Bertz CT molecular complexity index is 2990. The van der Waals surface area contributed by atoms with Crippen molar-refractivity contribution in [3.05, 3.63) is 0 Å². The summed E-state index contributed by atoms with van der Waals surface area (Å²) in [5, 5.41) is 147. The van der Waals surface area contributed by atoms with Crippen LogP contribution in [0.15, 0.2) is 0 Å². The number of amides is 10. The summed E-state index contributed by atoms with van der Waals surface area (Å²) in [5.74, 6) is -2.19. The Morgan fingerprint density at radius 1 is 0.242 bits per heavy atom. The van der Waals surface area contributed by atoms with Crippen LogP contribution in [-0.2, 0) is 95.4 Å². The number of aliphatic hydroxyl groups is 12. The van der Waals surface area contributed by atoms with Gasteiger partial charge < -0.3 is 152 Å². The van der Waals surface area contributed by atoms with Gasteiger partial charge in [-0.05, 0) is 170 Å². The Balaban J connectivity index is 0.000000660. The summed E-state index contributed by atoms with van der Waals surface area (Å²) in [7, 11) is 0. The smallest absolute Gasteiger partial charge is 0.242 e. The lowest BCUT2D eigenvalue weighted by Crippen LogP contribution is -2.57. The zero-order valence-electron chi connectivity index (χ0n) is 75.8. The Labute approximate surface area is 751 Å². The molecule has 22 N–H and O–H groups in total. The first-order valence-corrected chi connectivity index (χ1v) is 46.1. The molecule has 4 rings (SSSR count). The van der Waals surface area contributed by atoms with Crippen LogP contribution in [0.25, 0.3) is 0 Å². The number of Topliss-reactive ketones (excluding diaryl/α,β-unsaturated/α-hetero) is 2. The molecule has 4 fully saturated rings. The maximum Gasteiger partial charge on any atom is 0.242 e. The van der Waals surface area contributed by atoms with Gasteiger partial charge >= 0.3 is 0 Å². The average molecular weight is 1840 g/mol. The maximum atomic E-state index is 13.1. The predicted molar refractivity (Wildman–Crippen MR) is 460 cm³/mol. The molecule has 4 saturated heterocycles. The highest BCUT2D eigenvalue weighted by atomic mass is 16.7. The van der Waals surface area contributed by atoms with Crippen LogP contribution in [0.1, 0.15) is 260 Å². The van der Waals surface area contributed by atoms with Crippen LogP contribution in [-0.4, -0.2) is 346 Å². The van der Waals surface area contributed by atoms with Crippen molar-refractivity contribution in [2.75, 3.05) is 78.8 Å². The molecule has 4 aliphatic rings. The molecule has 0 spiro atoms. The number of hydrogen-bond acceptors (Lipinski definition) is 32. The quantitative estimate of drug-likeness (QED) is 0.0285. The highest BCUT2D eigenvalue weighted by Crippen LogP contribution is 2.27. The summed E-state index contributed by atoms with van der Waals surface area (Å²) in [5.41, 5.74) is 0. The van der Waals surface area contributed by atoms with E-state index in [4.69, 9.17) is 37.9 Å². The number of carbonyl (C=O) groups is 12. The van der Waals surface area contributed by atoms with Gasteiger partial charge in [0.25, 0.3) is 0 Å². The van der Waals surface area contributed by atoms with Crippen LogP contribution in [0.4, 0.5) is 0 Å². The zero-order valence-corrected chi connectivity index (χ0v) is 75.8. The van der Waals surface area contributed by atoms with Crippen LogP contribution in [0.5, 0.6) is 0 Å². The number of ether oxygens (including phenoxy) is 8. The van der Waals surface area contributed by atoms with E-state index >= 15 is 0 Å². The number of aliphatic hydroxyl groups excluding tert-OH is 12. The second-order valence-electron chi connectivity index (χ2n) is 33.1. The lowest BCUT2D eigenvalue weighted by atomic mass is 10.00. The molecular weight excluding hydrogens is 1680 g/mol. The minimum absolute atomic E-state index is 0.00756. The first-order valence-electron chi connectivity index (χ1n) is 46.1. The summed E-state index contributed by atoms with van der Waals surface area (Å²) in [6, 6.07) is -1.60. The minimum atomic E-state index is -1.44. The first kappa shape index (κ1) is 115. The molecule has 128 heavy (non-hydrogen) atoms.